The van der Waals surface area contributed by atoms with Crippen LogP contribution in [-0.4, -0.2) is 36.0 Å². The standard InChI is InChI=1S/C14H16F4N2O/c1-8-6-20(7-9(2)19-8)13(21)10-4-3-5-11(12(10)15)14(16,17)18/h3-5,8-9,19H,6-7H2,1-2H3/t8-,9-/m0/s1. The van der Waals surface area contributed by atoms with Crippen LogP contribution in [-0.2, 0) is 6.18 Å². The van der Waals surface area contributed by atoms with Crippen molar-refractivity contribution in [1.82, 2.24) is 10.2 Å². The largest absolute Gasteiger partial charge is 0.419 e. The van der Waals surface area contributed by atoms with E-state index in [1.165, 1.54) is 4.90 Å². The number of alkyl halides is 3. The number of benzene rings is 1. The monoisotopic (exact) mass is 304 g/mol. The molecule has 2 atom stereocenters. The van der Waals surface area contributed by atoms with Gasteiger partial charge in [-0.1, -0.05) is 6.07 Å². The van der Waals surface area contributed by atoms with Gasteiger partial charge in [0.15, 0.2) is 0 Å². The zero-order chi connectivity index (χ0) is 15.8. The van der Waals surface area contributed by atoms with Gasteiger partial charge in [0.05, 0.1) is 11.1 Å². The molecule has 0 unspecified atom stereocenters. The second-order valence-electron chi connectivity index (χ2n) is 5.34. The van der Waals surface area contributed by atoms with Crippen molar-refractivity contribution in [3.63, 3.8) is 0 Å². The van der Waals surface area contributed by atoms with E-state index in [0.717, 1.165) is 12.1 Å². The summed E-state index contributed by atoms with van der Waals surface area (Å²) in [5, 5.41) is 3.20. The van der Waals surface area contributed by atoms with Crippen LogP contribution in [0.5, 0.6) is 0 Å². The minimum atomic E-state index is -4.82. The number of nitrogens with zero attached hydrogens (tertiary/aromatic N) is 1. The zero-order valence-corrected chi connectivity index (χ0v) is 11.7. The van der Waals surface area contributed by atoms with E-state index < -0.39 is 29.0 Å². The fourth-order valence-electron chi connectivity index (χ4n) is 2.58. The number of piperazine rings is 1. The predicted molar refractivity (Wildman–Crippen MR) is 69.4 cm³/mol. The van der Waals surface area contributed by atoms with E-state index in [9.17, 15) is 22.4 Å². The average Bonchev–Trinajstić information content (AvgIpc) is 2.35. The molecule has 7 heteroatoms. The molecule has 1 fully saturated rings. The van der Waals surface area contributed by atoms with Crippen LogP contribution in [0, 0.1) is 5.82 Å². The summed E-state index contributed by atoms with van der Waals surface area (Å²) in [6, 6.07) is 2.78. The Balaban J connectivity index is 2.32. The Hall–Kier alpha value is -1.63. The van der Waals surface area contributed by atoms with Crippen molar-refractivity contribution in [3.05, 3.63) is 35.1 Å². The van der Waals surface area contributed by atoms with E-state index >= 15 is 0 Å². The van der Waals surface area contributed by atoms with E-state index in [1.807, 2.05) is 13.8 Å². The molecule has 116 valence electrons. The van der Waals surface area contributed by atoms with Gasteiger partial charge in [-0.3, -0.25) is 4.79 Å². The molecule has 1 amide bonds. The van der Waals surface area contributed by atoms with Gasteiger partial charge in [-0.05, 0) is 26.0 Å². The molecule has 0 radical (unpaired) electrons. The number of rotatable bonds is 1. The number of carbonyl (C=O) groups is 1. The summed E-state index contributed by atoms with van der Waals surface area (Å²) < 4.78 is 52.0. The second-order valence-corrected chi connectivity index (χ2v) is 5.34. The summed E-state index contributed by atoms with van der Waals surface area (Å²) >= 11 is 0. The lowest BCUT2D eigenvalue weighted by Crippen LogP contribution is -2.56. The lowest BCUT2D eigenvalue weighted by Gasteiger charge is -2.36. The second kappa shape index (κ2) is 5.63. The number of halogens is 4. The van der Waals surface area contributed by atoms with Crippen LogP contribution < -0.4 is 5.32 Å². The first kappa shape index (κ1) is 15.8. The fourth-order valence-corrected chi connectivity index (χ4v) is 2.58. The molecule has 1 aromatic rings. The summed E-state index contributed by atoms with van der Waals surface area (Å²) in [5.41, 5.74) is -1.95. The van der Waals surface area contributed by atoms with Gasteiger partial charge in [0, 0.05) is 25.2 Å². The van der Waals surface area contributed by atoms with Gasteiger partial charge in [0.1, 0.15) is 5.82 Å². The minimum Gasteiger partial charge on any atom is -0.335 e. The third kappa shape index (κ3) is 3.34. The van der Waals surface area contributed by atoms with Crippen molar-refractivity contribution in [2.24, 2.45) is 0 Å². The highest BCUT2D eigenvalue weighted by Crippen LogP contribution is 2.32. The maximum atomic E-state index is 14.0. The Morgan fingerprint density at radius 3 is 2.33 bits per heavy atom. The van der Waals surface area contributed by atoms with Crippen LogP contribution in [0.15, 0.2) is 18.2 Å². The molecule has 2 rings (SSSR count). The third-order valence-electron chi connectivity index (χ3n) is 3.38. The normalized spacial score (nSPS) is 23.2. The number of amides is 1. The van der Waals surface area contributed by atoms with Gasteiger partial charge in [-0.2, -0.15) is 13.2 Å². The summed E-state index contributed by atoms with van der Waals surface area (Å²) in [4.78, 5) is 13.7. The summed E-state index contributed by atoms with van der Waals surface area (Å²) in [6.07, 6.45) is -4.82. The van der Waals surface area contributed by atoms with Gasteiger partial charge in [0.25, 0.3) is 5.91 Å². The Labute approximate surface area is 119 Å². The first-order valence-corrected chi connectivity index (χ1v) is 6.61. The molecule has 1 heterocycles. The first-order chi connectivity index (χ1) is 9.70. The molecule has 0 aromatic heterocycles. The Morgan fingerprint density at radius 2 is 1.81 bits per heavy atom. The van der Waals surface area contributed by atoms with E-state index in [1.54, 1.807) is 0 Å². The number of nitrogens with one attached hydrogen (secondary N) is 1. The van der Waals surface area contributed by atoms with Crippen LogP contribution in [0.25, 0.3) is 0 Å². The van der Waals surface area contributed by atoms with Crippen LogP contribution >= 0.6 is 0 Å². The average molecular weight is 304 g/mol. The van der Waals surface area contributed by atoms with Crippen molar-refractivity contribution in [1.29, 1.82) is 0 Å². The van der Waals surface area contributed by atoms with Gasteiger partial charge >= 0.3 is 6.18 Å². The number of carbonyl (C=O) groups excluding carboxylic acids is 1. The van der Waals surface area contributed by atoms with Gasteiger partial charge in [-0.25, -0.2) is 4.39 Å². The molecular formula is C14H16F4N2O. The Bertz CT molecular complexity index is 534. The highest BCUT2D eigenvalue weighted by molar-refractivity contribution is 5.94. The van der Waals surface area contributed by atoms with Gasteiger partial charge in [0.2, 0.25) is 0 Å². The van der Waals surface area contributed by atoms with Crippen molar-refractivity contribution >= 4 is 5.91 Å². The predicted octanol–water partition coefficient (Wildman–Crippen LogP) is 2.67. The molecular weight excluding hydrogens is 288 g/mol. The summed E-state index contributed by atoms with van der Waals surface area (Å²) in [6.45, 7) is 4.38. The van der Waals surface area contributed by atoms with E-state index in [0.29, 0.717) is 19.2 Å². The summed E-state index contributed by atoms with van der Waals surface area (Å²) in [7, 11) is 0. The van der Waals surface area contributed by atoms with E-state index in [2.05, 4.69) is 5.32 Å². The maximum absolute atomic E-state index is 14.0. The molecule has 1 saturated heterocycles. The number of hydrogen-bond donors (Lipinski definition) is 1. The highest BCUT2D eigenvalue weighted by Gasteiger charge is 2.36. The van der Waals surface area contributed by atoms with Gasteiger partial charge in [-0.15, -0.1) is 0 Å². The molecule has 21 heavy (non-hydrogen) atoms. The smallest absolute Gasteiger partial charge is 0.335 e. The topological polar surface area (TPSA) is 32.3 Å². The summed E-state index contributed by atoms with van der Waals surface area (Å²) in [5.74, 6) is -2.22. The molecule has 0 saturated carbocycles. The minimum absolute atomic E-state index is 0.00607. The van der Waals surface area contributed by atoms with Crippen LogP contribution in [0.3, 0.4) is 0 Å². The first-order valence-electron chi connectivity index (χ1n) is 6.61. The molecule has 3 nitrogen and oxygen atoms in total. The maximum Gasteiger partial charge on any atom is 0.419 e. The van der Waals surface area contributed by atoms with Gasteiger partial charge < -0.3 is 10.2 Å². The van der Waals surface area contributed by atoms with Crippen LogP contribution in [0.1, 0.15) is 29.8 Å². The molecule has 1 aliphatic heterocycles. The third-order valence-corrected chi connectivity index (χ3v) is 3.38. The van der Waals surface area contributed by atoms with E-state index in [-0.39, 0.29) is 12.1 Å². The van der Waals surface area contributed by atoms with Crippen molar-refractivity contribution < 1.29 is 22.4 Å². The fraction of sp³-hybridized carbons (Fsp3) is 0.500. The molecule has 0 bridgehead atoms. The molecule has 0 spiro atoms. The SMILES string of the molecule is C[C@H]1CN(C(=O)c2cccc(C(F)(F)F)c2F)C[C@H](C)N1. The van der Waals surface area contributed by atoms with Crippen LogP contribution in [0.2, 0.25) is 0 Å². The lowest BCUT2D eigenvalue weighted by atomic mass is 10.1. The number of hydrogen-bond acceptors (Lipinski definition) is 2. The van der Waals surface area contributed by atoms with E-state index in [4.69, 9.17) is 0 Å². The Morgan fingerprint density at radius 1 is 1.24 bits per heavy atom. The Kier molecular flexibility index (Phi) is 4.22. The zero-order valence-electron chi connectivity index (χ0n) is 11.7. The van der Waals surface area contributed by atoms with Crippen molar-refractivity contribution in [2.75, 3.05) is 13.1 Å². The molecule has 1 aliphatic rings. The molecule has 1 N–H and O–H groups in total. The highest BCUT2D eigenvalue weighted by atomic mass is 19.4. The molecule has 1 aromatic carbocycles. The molecule has 0 aliphatic carbocycles. The van der Waals surface area contributed by atoms with Crippen LogP contribution in [0.4, 0.5) is 17.6 Å². The quantitative estimate of drug-likeness (QED) is 0.809. The van der Waals surface area contributed by atoms with Crippen molar-refractivity contribution in [3.8, 4) is 0 Å². The van der Waals surface area contributed by atoms with Crippen molar-refractivity contribution in [2.45, 2.75) is 32.1 Å². The lowest BCUT2D eigenvalue weighted by molar-refractivity contribution is -0.140.